The van der Waals surface area contributed by atoms with E-state index >= 15 is 0 Å². The molecule has 1 heterocycles. The number of benzene rings is 1. The fraction of sp³-hybridized carbons (Fsp3) is 0.353. The number of nitrogens with zero attached hydrogens (tertiary/aromatic N) is 1. The van der Waals surface area contributed by atoms with Crippen LogP contribution >= 0.6 is 0 Å². The lowest BCUT2D eigenvalue weighted by Crippen LogP contribution is -2.37. The number of carbonyl (C=O) groups excluding carboxylic acids is 1. The predicted octanol–water partition coefficient (Wildman–Crippen LogP) is 3.43. The van der Waals surface area contributed by atoms with Crippen molar-refractivity contribution in [3.05, 3.63) is 59.8 Å². The summed E-state index contributed by atoms with van der Waals surface area (Å²) in [5.74, 6) is 0.846. The van der Waals surface area contributed by atoms with Gasteiger partial charge in [-0.05, 0) is 25.3 Å². The molecule has 0 aromatic heterocycles. The second kappa shape index (κ2) is 5.43. The zero-order valence-corrected chi connectivity index (χ0v) is 11.1. The van der Waals surface area contributed by atoms with Crippen LogP contribution in [0.15, 0.2) is 54.3 Å². The monoisotopic (exact) mass is 253 g/mol. The second-order valence-electron chi connectivity index (χ2n) is 5.31. The summed E-state index contributed by atoms with van der Waals surface area (Å²) in [7, 11) is 0. The molecule has 2 aliphatic rings. The van der Waals surface area contributed by atoms with Crippen LogP contribution in [0.5, 0.6) is 0 Å². The van der Waals surface area contributed by atoms with Crippen molar-refractivity contribution in [1.82, 2.24) is 4.90 Å². The summed E-state index contributed by atoms with van der Waals surface area (Å²) < 4.78 is 0. The van der Waals surface area contributed by atoms with E-state index in [2.05, 4.69) is 23.1 Å². The van der Waals surface area contributed by atoms with Gasteiger partial charge in [0.15, 0.2) is 5.78 Å². The Morgan fingerprint density at radius 3 is 2.95 bits per heavy atom. The Balaban J connectivity index is 1.74. The Labute approximate surface area is 114 Å². The molecule has 0 N–H and O–H groups in total. The van der Waals surface area contributed by atoms with E-state index in [0.29, 0.717) is 12.5 Å². The fourth-order valence-electron chi connectivity index (χ4n) is 3.01. The third-order valence-corrected chi connectivity index (χ3v) is 4.02. The Bertz CT molecular complexity index is 515. The van der Waals surface area contributed by atoms with Gasteiger partial charge < -0.3 is 4.90 Å². The summed E-state index contributed by atoms with van der Waals surface area (Å²) >= 11 is 0. The molecule has 2 heteroatoms. The van der Waals surface area contributed by atoms with Gasteiger partial charge in [-0.2, -0.15) is 0 Å². The fourth-order valence-corrected chi connectivity index (χ4v) is 3.01. The first-order chi connectivity index (χ1) is 9.34. The number of carbonyl (C=O) groups is 1. The summed E-state index contributed by atoms with van der Waals surface area (Å²) in [5.41, 5.74) is 2.18. The summed E-state index contributed by atoms with van der Waals surface area (Å²) in [6.07, 6.45) is 10.1. The summed E-state index contributed by atoms with van der Waals surface area (Å²) in [6, 6.07) is 9.60. The number of hydrogen-bond donors (Lipinski definition) is 0. The molecule has 0 spiro atoms. The zero-order valence-electron chi connectivity index (χ0n) is 11.1. The Hall–Kier alpha value is -1.83. The van der Waals surface area contributed by atoms with Gasteiger partial charge in [0.25, 0.3) is 0 Å². The normalized spacial score (nSPS) is 21.8. The quantitative estimate of drug-likeness (QED) is 0.769. The van der Waals surface area contributed by atoms with Gasteiger partial charge >= 0.3 is 0 Å². The molecule has 0 radical (unpaired) electrons. The van der Waals surface area contributed by atoms with Gasteiger partial charge in [0.2, 0.25) is 0 Å². The third-order valence-electron chi connectivity index (χ3n) is 4.02. The summed E-state index contributed by atoms with van der Waals surface area (Å²) in [6.45, 7) is 1.52. The Kier molecular flexibility index (Phi) is 3.49. The highest BCUT2D eigenvalue weighted by Crippen LogP contribution is 2.32. The zero-order chi connectivity index (χ0) is 13.1. The number of allylic oxidation sites excluding steroid dienone is 4. The molecule has 0 bridgehead atoms. The van der Waals surface area contributed by atoms with Crippen LogP contribution in [0.3, 0.4) is 0 Å². The van der Waals surface area contributed by atoms with Crippen LogP contribution in [-0.4, -0.2) is 23.8 Å². The minimum absolute atomic E-state index is 0.219. The summed E-state index contributed by atoms with van der Waals surface area (Å²) in [5, 5.41) is 0. The highest BCUT2D eigenvalue weighted by atomic mass is 16.1. The molecule has 98 valence electrons. The molecule has 2 nitrogen and oxygen atoms in total. The SMILES string of the molecule is O=C(CN1CCCC2CC=CC=C21)c1ccccc1. The van der Waals surface area contributed by atoms with Gasteiger partial charge in [-0.15, -0.1) is 0 Å². The first-order valence-corrected chi connectivity index (χ1v) is 7.04. The van der Waals surface area contributed by atoms with Crippen molar-refractivity contribution in [2.24, 2.45) is 5.92 Å². The molecule has 1 aliphatic heterocycles. The lowest BCUT2D eigenvalue weighted by molar-refractivity contribution is 0.0930. The molecule has 1 atom stereocenters. The van der Waals surface area contributed by atoms with Crippen molar-refractivity contribution < 1.29 is 4.79 Å². The van der Waals surface area contributed by atoms with Crippen molar-refractivity contribution in [3.8, 4) is 0 Å². The molecular formula is C17H19NO. The number of rotatable bonds is 3. The molecule has 0 saturated carbocycles. The van der Waals surface area contributed by atoms with E-state index in [0.717, 1.165) is 18.5 Å². The maximum absolute atomic E-state index is 12.3. The van der Waals surface area contributed by atoms with Crippen LogP contribution in [0.4, 0.5) is 0 Å². The number of hydrogen-bond acceptors (Lipinski definition) is 2. The van der Waals surface area contributed by atoms with Crippen molar-refractivity contribution in [2.45, 2.75) is 19.3 Å². The van der Waals surface area contributed by atoms with Gasteiger partial charge in [0.05, 0.1) is 6.54 Å². The first kappa shape index (κ1) is 12.2. The van der Waals surface area contributed by atoms with Gasteiger partial charge in [0.1, 0.15) is 0 Å². The molecule has 0 amide bonds. The Morgan fingerprint density at radius 2 is 2.11 bits per heavy atom. The van der Waals surface area contributed by atoms with E-state index in [9.17, 15) is 4.79 Å². The molecule has 3 rings (SSSR count). The van der Waals surface area contributed by atoms with Crippen LogP contribution < -0.4 is 0 Å². The Morgan fingerprint density at radius 1 is 1.26 bits per heavy atom. The maximum atomic E-state index is 12.3. The minimum atomic E-state index is 0.219. The van der Waals surface area contributed by atoms with Gasteiger partial charge in [0, 0.05) is 23.7 Å². The van der Waals surface area contributed by atoms with Crippen molar-refractivity contribution in [2.75, 3.05) is 13.1 Å². The van der Waals surface area contributed by atoms with E-state index in [1.807, 2.05) is 30.3 Å². The number of piperidine rings is 1. The van der Waals surface area contributed by atoms with Gasteiger partial charge in [-0.1, -0.05) is 42.5 Å². The molecule has 1 aliphatic carbocycles. The molecule has 19 heavy (non-hydrogen) atoms. The minimum Gasteiger partial charge on any atom is -0.367 e. The highest BCUT2D eigenvalue weighted by molar-refractivity contribution is 5.97. The smallest absolute Gasteiger partial charge is 0.182 e. The van der Waals surface area contributed by atoms with E-state index in [-0.39, 0.29) is 5.78 Å². The van der Waals surface area contributed by atoms with Gasteiger partial charge in [-0.3, -0.25) is 4.79 Å². The van der Waals surface area contributed by atoms with Crippen LogP contribution in [-0.2, 0) is 0 Å². The second-order valence-corrected chi connectivity index (χ2v) is 5.31. The van der Waals surface area contributed by atoms with E-state index in [1.54, 1.807) is 0 Å². The van der Waals surface area contributed by atoms with Crippen LogP contribution in [0.25, 0.3) is 0 Å². The standard InChI is InChI=1S/C17H19NO/c19-17(15-8-2-1-3-9-15)13-18-12-6-10-14-7-4-5-11-16(14)18/h1-5,8-9,11,14H,6-7,10,12-13H2. The molecule has 1 aromatic rings. The van der Waals surface area contributed by atoms with Crippen LogP contribution in [0.1, 0.15) is 29.6 Å². The maximum Gasteiger partial charge on any atom is 0.182 e. The lowest BCUT2D eigenvalue weighted by atomic mass is 9.87. The number of fused-ring (bicyclic) bond motifs is 1. The number of likely N-dealkylation sites (tertiary alicyclic amines) is 1. The van der Waals surface area contributed by atoms with Crippen molar-refractivity contribution in [1.29, 1.82) is 0 Å². The highest BCUT2D eigenvalue weighted by Gasteiger charge is 2.26. The van der Waals surface area contributed by atoms with Crippen LogP contribution in [0, 0.1) is 5.92 Å². The van der Waals surface area contributed by atoms with E-state index in [1.165, 1.54) is 18.5 Å². The first-order valence-electron chi connectivity index (χ1n) is 7.04. The molecule has 1 unspecified atom stereocenters. The number of Topliss-reactive ketones (excluding diaryl/α,β-unsaturated/α-hetero) is 1. The predicted molar refractivity (Wildman–Crippen MR) is 76.9 cm³/mol. The molecule has 1 aromatic carbocycles. The average Bonchev–Trinajstić information content (AvgIpc) is 2.48. The van der Waals surface area contributed by atoms with Crippen molar-refractivity contribution in [3.63, 3.8) is 0 Å². The molecular weight excluding hydrogens is 234 g/mol. The topological polar surface area (TPSA) is 20.3 Å². The molecule has 1 fully saturated rings. The largest absolute Gasteiger partial charge is 0.367 e. The average molecular weight is 253 g/mol. The van der Waals surface area contributed by atoms with Gasteiger partial charge in [-0.25, -0.2) is 0 Å². The molecule has 1 saturated heterocycles. The van der Waals surface area contributed by atoms with E-state index in [4.69, 9.17) is 0 Å². The number of ketones is 1. The third kappa shape index (κ3) is 2.62. The van der Waals surface area contributed by atoms with E-state index < -0.39 is 0 Å². The van der Waals surface area contributed by atoms with Crippen molar-refractivity contribution >= 4 is 5.78 Å². The summed E-state index contributed by atoms with van der Waals surface area (Å²) in [4.78, 5) is 14.6. The lowest BCUT2D eigenvalue weighted by Gasteiger charge is -2.37. The van der Waals surface area contributed by atoms with Crippen LogP contribution in [0.2, 0.25) is 0 Å².